The van der Waals surface area contributed by atoms with Crippen molar-refractivity contribution in [2.24, 2.45) is 0 Å². The van der Waals surface area contributed by atoms with Crippen LogP contribution in [0, 0.1) is 0 Å². The van der Waals surface area contributed by atoms with Gasteiger partial charge < -0.3 is 20.1 Å². The minimum Gasteiger partial charge on any atom is -0.486 e. The third-order valence-electron chi connectivity index (χ3n) is 4.60. The molecule has 2 aromatic carbocycles. The molecule has 1 amide bonds. The van der Waals surface area contributed by atoms with Crippen LogP contribution in [-0.4, -0.2) is 30.6 Å². The Hall–Kier alpha value is -3.54. The van der Waals surface area contributed by atoms with Gasteiger partial charge in [0.2, 0.25) is 0 Å². The summed E-state index contributed by atoms with van der Waals surface area (Å²) in [5, 5.41) is 6.18. The van der Waals surface area contributed by atoms with Gasteiger partial charge in [0, 0.05) is 18.3 Å². The molecular weight excluding hydrogens is 366 g/mol. The van der Waals surface area contributed by atoms with E-state index in [1.807, 2.05) is 42.5 Å². The smallest absolute Gasteiger partial charge is 0.269 e. The van der Waals surface area contributed by atoms with Crippen molar-refractivity contribution in [3.8, 4) is 11.5 Å². The van der Waals surface area contributed by atoms with E-state index in [-0.39, 0.29) is 5.91 Å². The maximum absolute atomic E-state index is 12.3. The number of carbonyl (C=O) groups is 1. The molecule has 0 fully saturated rings. The van der Waals surface area contributed by atoms with E-state index in [4.69, 9.17) is 9.47 Å². The Bertz CT molecular complexity index is 959. The summed E-state index contributed by atoms with van der Waals surface area (Å²) in [4.78, 5) is 16.5. The van der Waals surface area contributed by atoms with Gasteiger partial charge in [0.25, 0.3) is 5.91 Å². The fourth-order valence-corrected chi connectivity index (χ4v) is 3.12. The number of fused-ring (bicyclic) bond motifs is 1. The summed E-state index contributed by atoms with van der Waals surface area (Å²) in [6.45, 7) is 1.74. The van der Waals surface area contributed by atoms with E-state index in [0.717, 1.165) is 35.7 Å². The summed E-state index contributed by atoms with van der Waals surface area (Å²) in [6, 6.07) is 19.5. The van der Waals surface area contributed by atoms with Gasteiger partial charge in [0.15, 0.2) is 11.5 Å². The molecule has 0 unspecified atom stereocenters. The molecule has 6 nitrogen and oxygen atoms in total. The van der Waals surface area contributed by atoms with Gasteiger partial charge >= 0.3 is 0 Å². The van der Waals surface area contributed by atoms with Crippen LogP contribution in [0.25, 0.3) is 0 Å². The van der Waals surface area contributed by atoms with Crippen LogP contribution in [0.4, 0.5) is 11.4 Å². The first kappa shape index (κ1) is 18.8. The summed E-state index contributed by atoms with van der Waals surface area (Å²) >= 11 is 0. The molecule has 2 N–H and O–H groups in total. The number of anilines is 2. The Labute approximate surface area is 169 Å². The van der Waals surface area contributed by atoms with Crippen LogP contribution in [0.5, 0.6) is 11.5 Å². The minimum absolute atomic E-state index is 0.163. The van der Waals surface area contributed by atoms with Crippen LogP contribution in [0.1, 0.15) is 22.5 Å². The van der Waals surface area contributed by atoms with Gasteiger partial charge in [0.1, 0.15) is 18.9 Å². The first-order valence-electron chi connectivity index (χ1n) is 9.73. The van der Waals surface area contributed by atoms with Crippen molar-refractivity contribution in [3.63, 3.8) is 0 Å². The van der Waals surface area contributed by atoms with Crippen LogP contribution < -0.4 is 20.1 Å². The van der Waals surface area contributed by atoms with Gasteiger partial charge in [-0.3, -0.25) is 4.79 Å². The number of hydrogen-bond acceptors (Lipinski definition) is 5. The molecule has 1 aliphatic rings. The molecule has 4 rings (SSSR count). The van der Waals surface area contributed by atoms with E-state index in [2.05, 4.69) is 27.8 Å². The summed E-state index contributed by atoms with van der Waals surface area (Å²) < 4.78 is 11.1. The summed E-state index contributed by atoms with van der Waals surface area (Å²) in [5.74, 6) is 1.31. The first-order chi connectivity index (χ1) is 14.3. The van der Waals surface area contributed by atoms with Gasteiger partial charge in [0.05, 0.1) is 11.9 Å². The molecule has 0 atom stereocenters. The molecule has 29 heavy (non-hydrogen) atoms. The lowest BCUT2D eigenvalue weighted by Gasteiger charge is -2.19. The second kappa shape index (κ2) is 9.10. The second-order valence-electron chi connectivity index (χ2n) is 6.76. The number of carbonyl (C=O) groups excluding carboxylic acids is 1. The molecule has 0 saturated heterocycles. The van der Waals surface area contributed by atoms with E-state index in [1.54, 1.807) is 12.3 Å². The monoisotopic (exact) mass is 389 g/mol. The molecule has 0 saturated carbocycles. The predicted octanol–water partition coefficient (Wildman–Crippen LogP) is 3.96. The normalized spacial score (nSPS) is 12.3. The number of benzene rings is 2. The molecule has 1 aromatic heterocycles. The van der Waals surface area contributed by atoms with E-state index < -0.39 is 0 Å². The van der Waals surface area contributed by atoms with Gasteiger partial charge in [-0.15, -0.1) is 0 Å². The van der Waals surface area contributed by atoms with Gasteiger partial charge in [-0.1, -0.05) is 30.3 Å². The van der Waals surface area contributed by atoms with Crippen molar-refractivity contribution in [2.75, 3.05) is 25.1 Å². The lowest BCUT2D eigenvalue weighted by Crippen LogP contribution is -2.25. The van der Waals surface area contributed by atoms with Crippen LogP contribution in [0.2, 0.25) is 0 Å². The zero-order valence-corrected chi connectivity index (χ0v) is 16.1. The third kappa shape index (κ3) is 5.04. The van der Waals surface area contributed by atoms with E-state index in [0.29, 0.717) is 25.5 Å². The first-order valence-corrected chi connectivity index (χ1v) is 9.73. The van der Waals surface area contributed by atoms with Crippen molar-refractivity contribution in [1.82, 2.24) is 10.3 Å². The molecule has 3 aromatic rings. The molecule has 6 heteroatoms. The molecule has 0 bridgehead atoms. The zero-order valence-electron chi connectivity index (χ0n) is 16.1. The number of pyridine rings is 1. The largest absolute Gasteiger partial charge is 0.486 e. The summed E-state index contributed by atoms with van der Waals surface area (Å²) in [6.07, 6.45) is 3.47. The number of hydrogen-bond donors (Lipinski definition) is 2. The zero-order chi connectivity index (χ0) is 19.9. The van der Waals surface area contributed by atoms with E-state index in [9.17, 15) is 4.79 Å². The number of nitrogens with one attached hydrogen (secondary N) is 2. The Morgan fingerprint density at radius 1 is 0.931 bits per heavy atom. The number of nitrogens with zero attached hydrogens (tertiary/aromatic N) is 1. The molecule has 1 aliphatic heterocycles. The lowest BCUT2D eigenvalue weighted by molar-refractivity contribution is 0.0948. The van der Waals surface area contributed by atoms with E-state index >= 15 is 0 Å². The van der Waals surface area contributed by atoms with Crippen molar-refractivity contribution in [3.05, 3.63) is 78.1 Å². The highest BCUT2D eigenvalue weighted by Crippen LogP contribution is 2.33. The number of amides is 1. The highest BCUT2D eigenvalue weighted by molar-refractivity contribution is 5.92. The predicted molar refractivity (Wildman–Crippen MR) is 112 cm³/mol. The maximum atomic E-state index is 12.3. The number of rotatable bonds is 7. The van der Waals surface area contributed by atoms with Gasteiger partial charge in [-0.05, 0) is 42.7 Å². The SMILES string of the molecule is O=C(NCCCc1ccccc1)c1ccc(Nc2ccc3c(c2)OCCO3)cn1. The van der Waals surface area contributed by atoms with Crippen LogP contribution >= 0.6 is 0 Å². The van der Waals surface area contributed by atoms with Crippen molar-refractivity contribution >= 4 is 17.3 Å². The molecule has 148 valence electrons. The van der Waals surface area contributed by atoms with E-state index in [1.165, 1.54) is 5.56 Å². The topological polar surface area (TPSA) is 72.5 Å². The van der Waals surface area contributed by atoms with Gasteiger partial charge in [-0.2, -0.15) is 0 Å². The Morgan fingerprint density at radius 2 is 1.72 bits per heavy atom. The fourth-order valence-electron chi connectivity index (χ4n) is 3.12. The fraction of sp³-hybridized carbons (Fsp3) is 0.217. The van der Waals surface area contributed by atoms with Gasteiger partial charge in [-0.25, -0.2) is 4.98 Å². The average Bonchev–Trinajstić information content (AvgIpc) is 2.78. The number of aromatic nitrogens is 1. The highest BCUT2D eigenvalue weighted by atomic mass is 16.6. The van der Waals surface area contributed by atoms with Crippen molar-refractivity contribution in [1.29, 1.82) is 0 Å². The standard InChI is InChI=1S/C23H23N3O3/c27-23(24-12-4-7-17-5-2-1-3-6-17)20-10-8-19(16-25-20)26-18-9-11-21-22(15-18)29-14-13-28-21/h1-3,5-6,8-11,15-16,26H,4,7,12-14H2,(H,24,27). The number of ether oxygens (including phenoxy) is 2. The molecule has 0 radical (unpaired) electrons. The average molecular weight is 389 g/mol. The summed E-state index contributed by atoms with van der Waals surface area (Å²) in [5.41, 5.74) is 3.34. The Morgan fingerprint density at radius 3 is 2.52 bits per heavy atom. The number of aryl methyl sites for hydroxylation is 1. The third-order valence-corrected chi connectivity index (χ3v) is 4.60. The Balaban J connectivity index is 1.27. The highest BCUT2D eigenvalue weighted by Gasteiger charge is 2.12. The van der Waals surface area contributed by atoms with Crippen molar-refractivity contribution < 1.29 is 14.3 Å². The molecular formula is C23H23N3O3. The molecule has 2 heterocycles. The molecule has 0 spiro atoms. The van der Waals surface area contributed by atoms with Crippen LogP contribution in [0.15, 0.2) is 66.9 Å². The molecule has 0 aliphatic carbocycles. The second-order valence-corrected chi connectivity index (χ2v) is 6.76. The van der Waals surface area contributed by atoms with Crippen molar-refractivity contribution in [2.45, 2.75) is 12.8 Å². The Kier molecular flexibility index (Phi) is 5.90. The quantitative estimate of drug-likeness (QED) is 0.599. The van der Waals surface area contributed by atoms with Crippen LogP contribution in [-0.2, 0) is 6.42 Å². The minimum atomic E-state index is -0.163. The summed E-state index contributed by atoms with van der Waals surface area (Å²) in [7, 11) is 0. The lowest BCUT2D eigenvalue weighted by atomic mass is 10.1. The maximum Gasteiger partial charge on any atom is 0.269 e. The van der Waals surface area contributed by atoms with Crippen LogP contribution in [0.3, 0.4) is 0 Å².